The van der Waals surface area contributed by atoms with Crippen molar-refractivity contribution in [2.24, 2.45) is 0 Å². The molecule has 62 heavy (non-hydrogen) atoms. The van der Waals surface area contributed by atoms with Gasteiger partial charge < -0.3 is 9.32 Å². The maximum atomic E-state index is 6.54. The Morgan fingerprint density at radius 1 is 0.323 bits per heavy atom. The van der Waals surface area contributed by atoms with Crippen LogP contribution in [0.1, 0.15) is 49.9 Å². The highest BCUT2D eigenvalue weighted by atomic mass is 16.3. The van der Waals surface area contributed by atoms with Gasteiger partial charge in [-0.05, 0) is 127 Å². The molecule has 0 radical (unpaired) electrons. The smallest absolute Gasteiger partial charge is 0.143 e. The lowest BCUT2D eigenvalue weighted by atomic mass is 9.81. The van der Waals surface area contributed by atoms with Gasteiger partial charge in [-0.15, -0.1) is 0 Å². The van der Waals surface area contributed by atoms with Gasteiger partial charge in [-0.3, -0.25) is 0 Å². The maximum Gasteiger partial charge on any atom is 0.143 e. The zero-order valence-electron chi connectivity index (χ0n) is 35.4. The van der Waals surface area contributed by atoms with Crippen molar-refractivity contribution in [1.82, 2.24) is 0 Å². The first kappa shape index (κ1) is 36.4. The number of para-hydroxylation sites is 2. The van der Waals surface area contributed by atoms with Gasteiger partial charge in [0.25, 0.3) is 0 Å². The van der Waals surface area contributed by atoms with Crippen LogP contribution in [0.2, 0.25) is 0 Å². The van der Waals surface area contributed by atoms with E-state index in [4.69, 9.17) is 4.42 Å². The third-order valence-corrected chi connectivity index (χ3v) is 13.9. The standard InChI is InChI=1S/C60H45NO/c1-59(2)53-22-10-8-18-47(53)48-32-30-45(37-56(48)59)61(44-17-12-16-42(34-44)46-20-13-21-51-50-19-9-11-23-57(50)62-58(46)51)43-28-24-39(25-29-43)40-27-33-54-52(35-40)49-31-26-41(36-55(49)60(54,3)4)38-14-6-5-7-15-38/h5-37H,1-4H3. The Morgan fingerprint density at radius 3 is 1.73 bits per heavy atom. The topological polar surface area (TPSA) is 16.4 Å². The third-order valence-electron chi connectivity index (χ3n) is 13.9. The SMILES string of the molecule is CC1(C)c2ccc(-c3ccc(N(c4cccc(-c5cccc6c5oc5ccccc56)c4)c4ccc5c(c4)C(C)(C)c4ccccc4-5)cc3)cc2-c2ccc(-c3ccccc3)cc21. The largest absolute Gasteiger partial charge is 0.455 e. The summed E-state index contributed by atoms with van der Waals surface area (Å²) in [4.78, 5) is 2.41. The molecule has 0 atom stereocenters. The van der Waals surface area contributed by atoms with E-state index >= 15 is 0 Å². The predicted molar refractivity (Wildman–Crippen MR) is 260 cm³/mol. The monoisotopic (exact) mass is 795 g/mol. The van der Waals surface area contributed by atoms with Crippen LogP contribution in [0.4, 0.5) is 17.1 Å². The van der Waals surface area contributed by atoms with Crippen molar-refractivity contribution in [1.29, 1.82) is 0 Å². The van der Waals surface area contributed by atoms with E-state index in [1.54, 1.807) is 0 Å². The summed E-state index contributed by atoms with van der Waals surface area (Å²) < 4.78 is 6.54. The minimum Gasteiger partial charge on any atom is -0.455 e. The lowest BCUT2D eigenvalue weighted by Gasteiger charge is -2.28. The first-order valence-electron chi connectivity index (χ1n) is 21.7. The molecule has 0 fully saturated rings. The van der Waals surface area contributed by atoms with Crippen LogP contribution in [0, 0.1) is 0 Å². The lowest BCUT2D eigenvalue weighted by Crippen LogP contribution is -2.16. The second kappa shape index (κ2) is 13.5. The number of anilines is 3. The van der Waals surface area contributed by atoms with Crippen molar-refractivity contribution >= 4 is 39.0 Å². The number of nitrogens with zero attached hydrogens (tertiary/aromatic N) is 1. The van der Waals surface area contributed by atoms with Crippen LogP contribution in [-0.4, -0.2) is 0 Å². The molecule has 2 aliphatic rings. The van der Waals surface area contributed by atoms with Crippen LogP contribution in [0.25, 0.3) is 77.6 Å². The van der Waals surface area contributed by atoms with E-state index < -0.39 is 0 Å². The van der Waals surface area contributed by atoms with E-state index in [1.165, 1.54) is 66.8 Å². The summed E-state index contributed by atoms with van der Waals surface area (Å²) in [5, 5.41) is 2.27. The van der Waals surface area contributed by atoms with E-state index in [9.17, 15) is 0 Å². The summed E-state index contributed by atoms with van der Waals surface area (Å²) in [5.74, 6) is 0. The normalized spacial score (nSPS) is 14.1. The molecule has 0 saturated carbocycles. The summed E-state index contributed by atoms with van der Waals surface area (Å²) in [5.41, 5.74) is 22.8. The van der Waals surface area contributed by atoms with E-state index in [0.717, 1.165) is 50.1 Å². The molecule has 0 bridgehead atoms. The van der Waals surface area contributed by atoms with Crippen LogP contribution in [0.5, 0.6) is 0 Å². The minimum atomic E-state index is -0.125. The van der Waals surface area contributed by atoms with Crippen molar-refractivity contribution < 1.29 is 4.42 Å². The molecule has 0 N–H and O–H groups in total. The highest BCUT2D eigenvalue weighted by molar-refractivity contribution is 6.09. The minimum absolute atomic E-state index is 0.0887. The Kier molecular flexibility index (Phi) is 7.96. The second-order valence-electron chi connectivity index (χ2n) is 18.1. The number of hydrogen-bond acceptors (Lipinski definition) is 2. The van der Waals surface area contributed by atoms with Crippen molar-refractivity contribution in [2.75, 3.05) is 4.90 Å². The molecule has 2 nitrogen and oxygen atoms in total. The summed E-state index contributed by atoms with van der Waals surface area (Å²) in [6.45, 7) is 9.43. The molecule has 0 saturated heterocycles. The fourth-order valence-electron chi connectivity index (χ4n) is 10.6. The average Bonchev–Trinajstić information content (AvgIpc) is 3.89. The molecule has 296 valence electrons. The van der Waals surface area contributed by atoms with Crippen molar-refractivity contribution in [2.45, 2.75) is 38.5 Å². The van der Waals surface area contributed by atoms with Gasteiger partial charge in [0.2, 0.25) is 0 Å². The van der Waals surface area contributed by atoms with E-state index in [0.29, 0.717) is 0 Å². The van der Waals surface area contributed by atoms with E-state index in [2.05, 4.69) is 227 Å². The highest BCUT2D eigenvalue weighted by Crippen LogP contribution is 2.53. The lowest BCUT2D eigenvalue weighted by molar-refractivity contribution is 0.660. The predicted octanol–water partition coefficient (Wildman–Crippen LogP) is 16.7. The van der Waals surface area contributed by atoms with Crippen molar-refractivity contribution in [3.05, 3.63) is 222 Å². The zero-order valence-corrected chi connectivity index (χ0v) is 35.4. The van der Waals surface area contributed by atoms with Gasteiger partial charge in [-0.2, -0.15) is 0 Å². The van der Waals surface area contributed by atoms with E-state index in [-0.39, 0.29) is 10.8 Å². The van der Waals surface area contributed by atoms with Gasteiger partial charge in [0, 0.05) is 44.2 Å². The number of benzene rings is 9. The van der Waals surface area contributed by atoms with Crippen LogP contribution in [-0.2, 0) is 10.8 Å². The fraction of sp³-hybridized carbons (Fsp3) is 0.100. The number of rotatable bonds is 6. The molecule has 2 aliphatic carbocycles. The first-order chi connectivity index (χ1) is 30.2. The van der Waals surface area contributed by atoms with Gasteiger partial charge >= 0.3 is 0 Å². The van der Waals surface area contributed by atoms with Crippen LogP contribution in [0.15, 0.2) is 205 Å². The molecule has 9 aromatic carbocycles. The van der Waals surface area contributed by atoms with Crippen LogP contribution in [0.3, 0.4) is 0 Å². The second-order valence-corrected chi connectivity index (χ2v) is 18.1. The summed E-state index contributed by atoms with van der Waals surface area (Å²) in [7, 11) is 0. The Bertz CT molecular complexity index is 3400. The Labute approximate surface area is 363 Å². The number of furan rings is 1. The molecule has 10 aromatic rings. The van der Waals surface area contributed by atoms with E-state index in [1.807, 2.05) is 6.07 Å². The quantitative estimate of drug-likeness (QED) is 0.167. The average molecular weight is 796 g/mol. The fourth-order valence-corrected chi connectivity index (χ4v) is 10.6. The molecular weight excluding hydrogens is 751 g/mol. The molecule has 1 aromatic heterocycles. The third kappa shape index (κ3) is 5.49. The van der Waals surface area contributed by atoms with Gasteiger partial charge in [-0.25, -0.2) is 0 Å². The number of fused-ring (bicyclic) bond motifs is 9. The maximum absolute atomic E-state index is 6.54. The Morgan fingerprint density at radius 2 is 0.871 bits per heavy atom. The number of hydrogen-bond donors (Lipinski definition) is 0. The molecule has 0 amide bonds. The summed E-state index contributed by atoms with van der Waals surface area (Å²) in [6, 6.07) is 73.5. The van der Waals surface area contributed by atoms with Crippen LogP contribution < -0.4 is 4.90 Å². The zero-order chi connectivity index (χ0) is 41.7. The summed E-state index contributed by atoms with van der Waals surface area (Å²) in [6.07, 6.45) is 0. The van der Waals surface area contributed by atoms with Gasteiger partial charge in [0.1, 0.15) is 11.2 Å². The van der Waals surface area contributed by atoms with Gasteiger partial charge in [0.05, 0.1) is 0 Å². The molecule has 1 heterocycles. The van der Waals surface area contributed by atoms with Gasteiger partial charge in [-0.1, -0.05) is 173 Å². The Balaban J connectivity index is 0.961. The summed E-state index contributed by atoms with van der Waals surface area (Å²) >= 11 is 0. The van der Waals surface area contributed by atoms with Crippen molar-refractivity contribution in [3.63, 3.8) is 0 Å². The molecule has 12 rings (SSSR count). The highest BCUT2D eigenvalue weighted by Gasteiger charge is 2.37. The molecule has 2 heteroatoms. The Hall–Kier alpha value is -7.42. The van der Waals surface area contributed by atoms with Gasteiger partial charge in [0.15, 0.2) is 0 Å². The molecule has 0 spiro atoms. The van der Waals surface area contributed by atoms with Crippen molar-refractivity contribution in [3.8, 4) is 55.6 Å². The van der Waals surface area contributed by atoms with Crippen LogP contribution >= 0.6 is 0 Å². The molecular formula is C60H45NO. The molecule has 0 aliphatic heterocycles. The molecule has 0 unspecified atom stereocenters. The first-order valence-corrected chi connectivity index (χ1v) is 21.7.